The molecule has 0 radical (unpaired) electrons. The third-order valence-electron chi connectivity index (χ3n) is 3.00. The Hall–Kier alpha value is -1.76. The van der Waals surface area contributed by atoms with Crippen LogP contribution in [0.1, 0.15) is 47.2 Å². The lowest BCUT2D eigenvalue weighted by molar-refractivity contribution is 0.0529. The average molecular weight is 313 g/mol. The molecule has 6 nitrogen and oxygen atoms in total. The SMILES string of the molecule is CCCN(CC)c1sc(C(=O)NC)c(N)c1C(=O)OCC. The first kappa shape index (κ1) is 17.3. The second-order valence-electron chi connectivity index (χ2n) is 4.40. The highest BCUT2D eigenvalue weighted by atomic mass is 32.1. The number of thiophene rings is 1. The maximum atomic E-state index is 12.2. The molecule has 0 aliphatic rings. The molecular formula is C14H23N3O3S. The van der Waals surface area contributed by atoms with Crippen molar-refractivity contribution in [3.05, 3.63) is 10.4 Å². The first-order chi connectivity index (χ1) is 10.0. The van der Waals surface area contributed by atoms with Gasteiger partial charge < -0.3 is 20.7 Å². The van der Waals surface area contributed by atoms with Crippen molar-refractivity contribution in [3.63, 3.8) is 0 Å². The van der Waals surface area contributed by atoms with E-state index in [2.05, 4.69) is 12.2 Å². The van der Waals surface area contributed by atoms with Crippen molar-refractivity contribution in [2.75, 3.05) is 37.4 Å². The number of carbonyl (C=O) groups is 2. The van der Waals surface area contributed by atoms with Crippen molar-refractivity contribution in [3.8, 4) is 0 Å². The Bertz CT molecular complexity index is 514. The lowest BCUT2D eigenvalue weighted by Gasteiger charge is -2.21. The summed E-state index contributed by atoms with van der Waals surface area (Å²) in [5.74, 6) is -0.771. The summed E-state index contributed by atoms with van der Waals surface area (Å²) in [7, 11) is 1.54. The minimum absolute atomic E-state index is 0.197. The van der Waals surface area contributed by atoms with Gasteiger partial charge in [-0.2, -0.15) is 0 Å². The van der Waals surface area contributed by atoms with E-state index in [4.69, 9.17) is 10.5 Å². The van der Waals surface area contributed by atoms with E-state index in [1.807, 2.05) is 11.8 Å². The van der Waals surface area contributed by atoms with Crippen LogP contribution in [0.3, 0.4) is 0 Å². The molecule has 1 aromatic heterocycles. The van der Waals surface area contributed by atoms with Crippen molar-refractivity contribution in [1.29, 1.82) is 0 Å². The van der Waals surface area contributed by atoms with E-state index in [1.54, 1.807) is 6.92 Å². The Morgan fingerprint density at radius 2 is 2.00 bits per heavy atom. The minimum Gasteiger partial charge on any atom is -0.462 e. The molecule has 0 unspecified atom stereocenters. The van der Waals surface area contributed by atoms with E-state index >= 15 is 0 Å². The first-order valence-electron chi connectivity index (χ1n) is 7.08. The van der Waals surface area contributed by atoms with E-state index in [0.29, 0.717) is 15.4 Å². The van der Waals surface area contributed by atoms with Crippen molar-refractivity contribution < 1.29 is 14.3 Å². The zero-order valence-electron chi connectivity index (χ0n) is 13.0. The monoisotopic (exact) mass is 313 g/mol. The van der Waals surface area contributed by atoms with Gasteiger partial charge >= 0.3 is 5.97 Å². The zero-order valence-corrected chi connectivity index (χ0v) is 13.8. The number of nitrogens with two attached hydrogens (primary N) is 1. The minimum atomic E-state index is -0.481. The van der Waals surface area contributed by atoms with Gasteiger partial charge in [-0.05, 0) is 20.3 Å². The molecule has 1 rings (SSSR count). The number of hydrogen-bond donors (Lipinski definition) is 2. The molecule has 0 aromatic carbocycles. The van der Waals surface area contributed by atoms with Crippen molar-refractivity contribution in [1.82, 2.24) is 5.32 Å². The summed E-state index contributed by atoms with van der Waals surface area (Å²) in [4.78, 5) is 26.5. The predicted molar refractivity (Wildman–Crippen MR) is 86.3 cm³/mol. The van der Waals surface area contributed by atoms with Gasteiger partial charge in [0.05, 0.1) is 12.3 Å². The molecule has 0 aliphatic heterocycles. The molecule has 0 bridgehead atoms. The van der Waals surface area contributed by atoms with Crippen LogP contribution in [0.5, 0.6) is 0 Å². The number of nitrogens with zero attached hydrogens (tertiary/aromatic N) is 1. The zero-order chi connectivity index (χ0) is 16.0. The van der Waals surface area contributed by atoms with Gasteiger partial charge in [0.15, 0.2) is 0 Å². The van der Waals surface area contributed by atoms with E-state index in [-0.39, 0.29) is 18.2 Å². The highest BCUT2D eigenvalue weighted by Crippen LogP contribution is 2.38. The molecule has 21 heavy (non-hydrogen) atoms. The van der Waals surface area contributed by atoms with Crippen LogP contribution in [0, 0.1) is 0 Å². The molecule has 0 atom stereocenters. The fourth-order valence-electron chi connectivity index (χ4n) is 2.01. The van der Waals surface area contributed by atoms with Gasteiger partial charge in [0.2, 0.25) is 0 Å². The largest absolute Gasteiger partial charge is 0.462 e. The van der Waals surface area contributed by atoms with Gasteiger partial charge in [-0.25, -0.2) is 4.79 Å². The number of carbonyl (C=O) groups excluding carboxylic acids is 2. The van der Waals surface area contributed by atoms with Crippen LogP contribution >= 0.6 is 11.3 Å². The quantitative estimate of drug-likeness (QED) is 0.753. The molecule has 0 aliphatic carbocycles. The van der Waals surface area contributed by atoms with E-state index < -0.39 is 5.97 Å². The number of ether oxygens (including phenoxy) is 1. The summed E-state index contributed by atoms with van der Waals surface area (Å²) >= 11 is 1.23. The van der Waals surface area contributed by atoms with E-state index in [9.17, 15) is 9.59 Å². The fraction of sp³-hybridized carbons (Fsp3) is 0.571. The van der Waals surface area contributed by atoms with Crippen LogP contribution in [-0.4, -0.2) is 38.6 Å². The van der Waals surface area contributed by atoms with Crippen molar-refractivity contribution in [2.45, 2.75) is 27.2 Å². The summed E-state index contributed by atoms with van der Waals surface area (Å²) in [6.07, 6.45) is 0.934. The Labute approximate surface area is 129 Å². The first-order valence-corrected chi connectivity index (χ1v) is 7.89. The molecule has 0 saturated carbocycles. The summed E-state index contributed by atoms with van der Waals surface area (Å²) < 4.78 is 5.08. The van der Waals surface area contributed by atoms with Crippen LogP contribution < -0.4 is 16.0 Å². The van der Waals surface area contributed by atoms with Crippen molar-refractivity contribution >= 4 is 33.9 Å². The van der Waals surface area contributed by atoms with E-state index in [1.165, 1.54) is 18.4 Å². The molecule has 1 heterocycles. The molecule has 118 valence electrons. The fourth-order valence-corrected chi connectivity index (χ4v) is 3.25. The predicted octanol–water partition coefficient (Wildman–Crippen LogP) is 2.10. The summed E-state index contributed by atoms with van der Waals surface area (Å²) in [5, 5.41) is 3.25. The molecule has 0 spiro atoms. The smallest absolute Gasteiger partial charge is 0.343 e. The molecule has 1 aromatic rings. The van der Waals surface area contributed by atoms with Crippen LogP contribution in [0.15, 0.2) is 0 Å². The number of amides is 1. The highest BCUT2D eigenvalue weighted by Gasteiger charge is 2.28. The maximum absolute atomic E-state index is 12.2. The second kappa shape index (κ2) is 7.87. The Morgan fingerprint density at radius 3 is 2.48 bits per heavy atom. The molecule has 3 N–H and O–H groups in total. The van der Waals surface area contributed by atoms with Gasteiger partial charge in [0.1, 0.15) is 15.4 Å². The number of hydrogen-bond acceptors (Lipinski definition) is 6. The number of anilines is 2. The normalized spacial score (nSPS) is 10.3. The van der Waals surface area contributed by atoms with Gasteiger partial charge in [-0.1, -0.05) is 6.92 Å². The van der Waals surface area contributed by atoms with E-state index in [0.717, 1.165) is 19.5 Å². The van der Waals surface area contributed by atoms with Crippen LogP contribution in [0.2, 0.25) is 0 Å². The molecule has 7 heteroatoms. The molecule has 0 saturated heterocycles. The third kappa shape index (κ3) is 3.66. The standard InChI is InChI=1S/C14H23N3O3S/c1-5-8-17(6-2)13-9(14(19)20-7-3)10(15)11(21-13)12(18)16-4/h5-8,15H2,1-4H3,(H,16,18). The molecular weight excluding hydrogens is 290 g/mol. The average Bonchev–Trinajstić information content (AvgIpc) is 2.81. The highest BCUT2D eigenvalue weighted by molar-refractivity contribution is 7.19. The molecule has 0 fully saturated rings. The van der Waals surface area contributed by atoms with Gasteiger partial charge in [0.25, 0.3) is 5.91 Å². The lowest BCUT2D eigenvalue weighted by Crippen LogP contribution is -2.24. The Morgan fingerprint density at radius 1 is 1.33 bits per heavy atom. The van der Waals surface area contributed by atoms with Gasteiger partial charge in [-0.15, -0.1) is 11.3 Å². The number of esters is 1. The molecule has 1 amide bonds. The van der Waals surface area contributed by atoms with Gasteiger partial charge in [-0.3, -0.25) is 4.79 Å². The number of rotatable bonds is 7. The topological polar surface area (TPSA) is 84.7 Å². The van der Waals surface area contributed by atoms with Gasteiger partial charge in [0, 0.05) is 20.1 Å². The third-order valence-corrected chi connectivity index (χ3v) is 4.27. The Kier molecular flexibility index (Phi) is 6.48. The summed E-state index contributed by atoms with van der Waals surface area (Å²) in [6, 6.07) is 0. The Balaban J connectivity index is 3.38. The van der Waals surface area contributed by atoms with Crippen LogP contribution in [0.25, 0.3) is 0 Å². The lowest BCUT2D eigenvalue weighted by atomic mass is 10.2. The second-order valence-corrected chi connectivity index (χ2v) is 5.40. The van der Waals surface area contributed by atoms with Crippen LogP contribution in [-0.2, 0) is 4.74 Å². The van der Waals surface area contributed by atoms with Crippen molar-refractivity contribution in [2.24, 2.45) is 0 Å². The summed E-state index contributed by atoms with van der Waals surface area (Å²) in [5.41, 5.74) is 6.52. The van der Waals surface area contributed by atoms with Crippen LogP contribution in [0.4, 0.5) is 10.7 Å². The summed E-state index contributed by atoms with van der Waals surface area (Å²) in [6.45, 7) is 7.58. The maximum Gasteiger partial charge on any atom is 0.343 e. The number of nitrogens with one attached hydrogen (secondary N) is 1. The number of nitrogen functional groups attached to an aromatic ring is 1.